The molecule has 1 saturated heterocycles. The van der Waals surface area contributed by atoms with Gasteiger partial charge in [-0.3, -0.25) is 0 Å². The number of sulfone groups is 1. The number of rotatable bonds is 5. The first-order valence-corrected chi connectivity index (χ1v) is 8.31. The van der Waals surface area contributed by atoms with Crippen molar-refractivity contribution in [3.8, 4) is 0 Å². The molecule has 0 spiro atoms. The lowest BCUT2D eigenvalue weighted by Gasteiger charge is -2.47. The molecule has 1 aliphatic carbocycles. The summed E-state index contributed by atoms with van der Waals surface area (Å²) >= 11 is 0. The summed E-state index contributed by atoms with van der Waals surface area (Å²) in [5, 5.41) is 3.34. The van der Waals surface area contributed by atoms with Gasteiger partial charge in [-0.25, -0.2) is 8.42 Å². The first kappa shape index (κ1) is 12.4. The predicted octanol–water partition coefficient (Wildman–Crippen LogP) is 1.59. The molecular formula is C12H23NO2S. The van der Waals surface area contributed by atoms with E-state index in [1.54, 1.807) is 6.92 Å². The molecule has 16 heavy (non-hydrogen) atoms. The summed E-state index contributed by atoms with van der Waals surface area (Å²) in [5.41, 5.74) is 0.318. The van der Waals surface area contributed by atoms with Crippen LogP contribution in [0.3, 0.4) is 0 Å². The van der Waals surface area contributed by atoms with Gasteiger partial charge in [0.1, 0.15) is 9.84 Å². The smallest absolute Gasteiger partial charge is 0.150 e. The van der Waals surface area contributed by atoms with Gasteiger partial charge in [-0.15, -0.1) is 0 Å². The highest BCUT2D eigenvalue weighted by molar-refractivity contribution is 7.91. The maximum absolute atomic E-state index is 11.6. The molecule has 1 N–H and O–H groups in total. The molecule has 4 heteroatoms. The molecular weight excluding hydrogens is 222 g/mol. The van der Waals surface area contributed by atoms with Crippen molar-refractivity contribution in [2.24, 2.45) is 11.3 Å². The van der Waals surface area contributed by atoms with Crippen molar-refractivity contribution in [3.05, 3.63) is 0 Å². The van der Waals surface area contributed by atoms with Crippen molar-refractivity contribution in [2.75, 3.05) is 24.6 Å². The highest BCUT2D eigenvalue weighted by Crippen LogP contribution is 2.45. The molecule has 2 rings (SSSR count). The Bertz CT molecular complexity index is 327. The Morgan fingerprint density at radius 2 is 1.88 bits per heavy atom. The van der Waals surface area contributed by atoms with Gasteiger partial charge in [-0.1, -0.05) is 19.8 Å². The second-order valence-electron chi connectivity index (χ2n) is 5.43. The summed E-state index contributed by atoms with van der Waals surface area (Å²) < 4.78 is 23.2. The third kappa shape index (κ3) is 2.43. The highest BCUT2D eigenvalue weighted by Gasteiger charge is 2.44. The van der Waals surface area contributed by atoms with E-state index in [0.717, 1.165) is 25.4 Å². The van der Waals surface area contributed by atoms with Crippen LogP contribution in [0.2, 0.25) is 0 Å². The lowest BCUT2D eigenvalue weighted by atomic mass is 9.68. The van der Waals surface area contributed by atoms with Crippen LogP contribution in [0.15, 0.2) is 0 Å². The van der Waals surface area contributed by atoms with E-state index < -0.39 is 9.84 Å². The molecule has 0 unspecified atom stereocenters. The van der Waals surface area contributed by atoms with Crippen molar-refractivity contribution < 1.29 is 8.42 Å². The molecule has 0 aromatic carbocycles. The lowest BCUT2D eigenvalue weighted by molar-refractivity contribution is 0.0770. The highest BCUT2D eigenvalue weighted by atomic mass is 32.2. The largest absolute Gasteiger partial charge is 0.316 e. The van der Waals surface area contributed by atoms with E-state index in [2.05, 4.69) is 5.32 Å². The van der Waals surface area contributed by atoms with Crippen molar-refractivity contribution in [2.45, 2.75) is 39.0 Å². The maximum atomic E-state index is 11.6. The predicted molar refractivity (Wildman–Crippen MR) is 66.2 cm³/mol. The van der Waals surface area contributed by atoms with Gasteiger partial charge in [0.25, 0.3) is 0 Å². The fourth-order valence-corrected chi connectivity index (χ4v) is 4.16. The van der Waals surface area contributed by atoms with Crippen LogP contribution in [0, 0.1) is 11.3 Å². The fraction of sp³-hybridized carbons (Fsp3) is 1.00. The zero-order valence-electron chi connectivity index (χ0n) is 10.2. The van der Waals surface area contributed by atoms with E-state index in [0.29, 0.717) is 16.9 Å². The molecule has 94 valence electrons. The summed E-state index contributed by atoms with van der Waals surface area (Å²) in [6.07, 6.45) is 6.18. The van der Waals surface area contributed by atoms with Crippen molar-refractivity contribution in [1.29, 1.82) is 0 Å². The minimum atomic E-state index is -2.79. The molecule has 1 heterocycles. The first-order valence-electron chi connectivity index (χ1n) is 6.49. The topological polar surface area (TPSA) is 46.2 Å². The summed E-state index contributed by atoms with van der Waals surface area (Å²) in [4.78, 5) is 0. The molecule has 1 saturated carbocycles. The summed E-state index contributed by atoms with van der Waals surface area (Å²) in [5.74, 6) is 1.46. The van der Waals surface area contributed by atoms with Gasteiger partial charge >= 0.3 is 0 Å². The minimum Gasteiger partial charge on any atom is -0.316 e. The van der Waals surface area contributed by atoms with Crippen LogP contribution in [-0.4, -0.2) is 33.0 Å². The van der Waals surface area contributed by atoms with E-state index >= 15 is 0 Å². The average Bonchev–Trinajstić information content (AvgIpc) is 2.70. The number of hydrogen-bond donors (Lipinski definition) is 1. The van der Waals surface area contributed by atoms with E-state index in [9.17, 15) is 8.42 Å². The van der Waals surface area contributed by atoms with Crippen molar-refractivity contribution in [3.63, 3.8) is 0 Å². The van der Waals surface area contributed by atoms with Crippen LogP contribution >= 0.6 is 0 Å². The second-order valence-corrected chi connectivity index (χ2v) is 7.91. The van der Waals surface area contributed by atoms with E-state index in [1.165, 1.54) is 25.7 Å². The van der Waals surface area contributed by atoms with Crippen molar-refractivity contribution >= 4 is 9.84 Å². The Labute approximate surface area is 98.9 Å². The normalized spacial score (nSPS) is 25.6. The van der Waals surface area contributed by atoms with Crippen LogP contribution in [0.5, 0.6) is 0 Å². The number of hydrogen-bond acceptors (Lipinski definition) is 3. The van der Waals surface area contributed by atoms with Crippen LogP contribution in [0.1, 0.15) is 39.0 Å². The van der Waals surface area contributed by atoms with Crippen molar-refractivity contribution in [1.82, 2.24) is 5.32 Å². The lowest BCUT2D eigenvalue weighted by Crippen LogP contribution is -2.57. The summed E-state index contributed by atoms with van der Waals surface area (Å²) in [6, 6.07) is 0. The van der Waals surface area contributed by atoms with E-state index in [4.69, 9.17) is 0 Å². The van der Waals surface area contributed by atoms with Crippen LogP contribution in [0.25, 0.3) is 0 Å². The Balaban J connectivity index is 1.94. The summed E-state index contributed by atoms with van der Waals surface area (Å²) in [7, 11) is -2.79. The Kier molecular flexibility index (Phi) is 3.59. The fourth-order valence-electron chi connectivity index (χ4n) is 3.16. The number of nitrogens with one attached hydrogen (secondary N) is 1. The molecule has 2 aliphatic rings. The molecule has 0 amide bonds. The van der Waals surface area contributed by atoms with E-state index in [1.807, 2.05) is 0 Å². The van der Waals surface area contributed by atoms with Crippen LogP contribution in [0.4, 0.5) is 0 Å². The SMILES string of the molecule is CCS(=O)(=O)CCC1(C2CCCC2)CNC1. The van der Waals surface area contributed by atoms with Gasteiger partial charge in [0.2, 0.25) is 0 Å². The molecule has 0 aromatic rings. The minimum absolute atomic E-state index is 0.293. The molecule has 0 radical (unpaired) electrons. The van der Waals surface area contributed by atoms with Crippen LogP contribution < -0.4 is 5.32 Å². The third-order valence-electron chi connectivity index (χ3n) is 4.53. The molecule has 1 aliphatic heterocycles. The van der Waals surface area contributed by atoms with Gasteiger partial charge in [-0.2, -0.15) is 0 Å². The van der Waals surface area contributed by atoms with Gasteiger partial charge < -0.3 is 5.32 Å². The monoisotopic (exact) mass is 245 g/mol. The third-order valence-corrected chi connectivity index (χ3v) is 6.23. The molecule has 0 aromatic heterocycles. The Hall–Kier alpha value is -0.0900. The molecule has 0 bridgehead atoms. The first-order chi connectivity index (χ1) is 7.58. The average molecular weight is 245 g/mol. The van der Waals surface area contributed by atoms with Crippen LogP contribution in [-0.2, 0) is 9.84 Å². The van der Waals surface area contributed by atoms with Gasteiger partial charge in [-0.05, 0) is 30.6 Å². The maximum Gasteiger partial charge on any atom is 0.150 e. The van der Waals surface area contributed by atoms with Gasteiger partial charge in [0.15, 0.2) is 0 Å². The Morgan fingerprint density at radius 3 is 2.31 bits per heavy atom. The molecule has 0 atom stereocenters. The zero-order chi connectivity index (χ0) is 11.6. The standard InChI is InChI=1S/C12H23NO2S/c1-2-16(14,15)8-7-12(9-13-10-12)11-5-3-4-6-11/h11,13H,2-10H2,1H3. The zero-order valence-corrected chi connectivity index (χ0v) is 11.0. The molecule has 3 nitrogen and oxygen atoms in total. The summed E-state index contributed by atoms with van der Waals surface area (Å²) in [6.45, 7) is 3.82. The van der Waals surface area contributed by atoms with E-state index in [-0.39, 0.29) is 0 Å². The Morgan fingerprint density at radius 1 is 1.25 bits per heavy atom. The van der Waals surface area contributed by atoms with Gasteiger partial charge in [0, 0.05) is 18.8 Å². The quantitative estimate of drug-likeness (QED) is 0.800. The second kappa shape index (κ2) is 4.65. The molecule has 2 fully saturated rings. The van der Waals surface area contributed by atoms with Gasteiger partial charge in [0.05, 0.1) is 5.75 Å².